The molecule has 0 spiro atoms. The molecule has 0 rings (SSSR count). The molecule has 0 saturated carbocycles. The molecule has 4 heteroatoms. The van der Waals surface area contributed by atoms with Crippen molar-refractivity contribution in [1.82, 2.24) is 0 Å². The Labute approximate surface area is 53.3 Å². The molecule has 0 amide bonds. The van der Waals surface area contributed by atoms with Gasteiger partial charge in [0.05, 0.1) is 6.07 Å². The minimum atomic E-state index is -1.23. The molecule has 2 N–H and O–H groups in total. The van der Waals surface area contributed by atoms with E-state index in [1.165, 1.54) is 13.8 Å². The zero-order valence-corrected chi connectivity index (χ0v) is 5.33. The number of nitriles is 1. The highest BCUT2D eigenvalue weighted by atomic mass is 16.4. The van der Waals surface area contributed by atoms with Crippen LogP contribution in [0.2, 0.25) is 0 Å². The number of carboxylic acids is 1. The average molecular weight is 131 g/mol. The van der Waals surface area contributed by atoms with E-state index in [4.69, 9.17) is 15.5 Å². The number of rotatable bonds is 1. The molecule has 0 saturated heterocycles. The van der Waals surface area contributed by atoms with Crippen LogP contribution in [-0.2, 0) is 4.79 Å². The minimum Gasteiger partial charge on any atom is -0.479 e. The third kappa shape index (κ3) is 19.6. The first-order chi connectivity index (χ1) is 4.06. The van der Waals surface area contributed by atoms with Crippen LogP contribution in [0.5, 0.6) is 0 Å². The lowest BCUT2D eigenvalue weighted by atomic mass is 10.4. The van der Waals surface area contributed by atoms with Crippen molar-refractivity contribution >= 4 is 5.97 Å². The van der Waals surface area contributed by atoms with Gasteiger partial charge in [0.2, 0.25) is 0 Å². The number of aliphatic carboxylic acids is 1. The van der Waals surface area contributed by atoms with E-state index in [-0.39, 0.29) is 0 Å². The second kappa shape index (κ2) is 6.92. The number of hydrogen-bond acceptors (Lipinski definition) is 3. The van der Waals surface area contributed by atoms with Crippen LogP contribution in [0.1, 0.15) is 13.8 Å². The minimum absolute atomic E-state index is 1.19. The lowest BCUT2D eigenvalue weighted by Gasteiger charge is -1.89. The molecule has 0 aliphatic carbocycles. The van der Waals surface area contributed by atoms with Gasteiger partial charge in [0.25, 0.3) is 0 Å². The lowest BCUT2D eigenvalue weighted by Crippen LogP contribution is -2.13. The number of carbonyl (C=O) groups is 1. The van der Waals surface area contributed by atoms with E-state index in [0.717, 1.165) is 0 Å². The summed E-state index contributed by atoms with van der Waals surface area (Å²) in [5.74, 6) is -1.19. The maximum atomic E-state index is 9.45. The standard InChI is InChI=1S/C3H6O3.C2H3N/c1-2(4)3(5)6;1-2-3/h2,4H,1H3,(H,5,6);1H3. The Morgan fingerprint density at radius 3 is 1.89 bits per heavy atom. The van der Waals surface area contributed by atoms with Crippen molar-refractivity contribution in [3.8, 4) is 6.07 Å². The molecule has 0 aliphatic rings. The van der Waals surface area contributed by atoms with Crippen LogP contribution in [0.25, 0.3) is 0 Å². The normalized spacial score (nSPS) is 10.0. The number of carboxylic acid groups (broad SMARTS) is 1. The molecule has 9 heavy (non-hydrogen) atoms. The van der Waals surface area contributed by atoms with E-state index < -0.39 is 12.1 Å². The molecule has 0 fully saturated rings. The van der Waals surface area contributed by atoms with Crippen molar-refractivity contribution in [2.75, 3.05) is 0 Å². The highest BCUT2D eigenvalue weighted by Gasteiger charge is 2.01. The molecular weight excluding hydrogens is 122 g/mol. The summed E-state index contributed by atoms with van der Waals surface area (Å²) >= 11 is 0. The van der Waals surface area contributed by atoms with Crippen molar-refractivity contribution in [2.24, 2.45) is 0 Å². The van der Waals surface area contributed by atoms with Gasteiger partial charge in [0, 0.05) is 6.92 Å². The fourth-order valence-electron chi connectivity index (χ4n) is 0. The third-order valence-corrected chi connectivity index (χ3v) is 0.357. The quantitative estimate of drug-likeness (QED) is 0.524. The van der Waals surface area contributed by atoms with Crippen LogP contribution >= 0.6 is 0 Å². The summed E-state index contributed by atoms with van der Waals surface area (Å²) in [6.45, 7) is 2.63. The first-order valence-electron chi connectivity index (χ1n) is 2.28. The van der Waals surface area contributed by atoms with Crippen molar-refractivity contribution < 1.29 is 15.0 Å². The van der Waals surface area contributed by atoms with E-state index in [0.29, 0.717) is 0 Å². The first kappa shape index (κ1) is 10.8. The SMILES string of the molecule is CC#N.CC(O)C(=O)O. The molecule has 0 aromatic carbocycles. The van der Waals surface area contributed by atoms with Gasteiger partial charge in [0.1, 0.15) is 6.10 Å². The molecule has 1 unspecified atom stereocenters. The second-order valence-electron chi connectivity index (χ2n) is 1.24. The van der Waals surface area contributed by atoms with E-state index in [1.807, 2.05) is 0 Å². The molecule has 0 radical (unpaired) electrons. The smallest absolute Gasteiger partial charge is 0.332 e. The van der Waals surface area contributed by atoms with E-state index in [9.17, 15) is 4.79 Å². The molecule has 1 atom stereocenters. The summed E-state index contributed by atoms with van der Waals surface area (Å²) in [5.41, 5.74) is 0. The second-order valence-corrected chi connectivity index (χ2v) is 1.24. The Morgan fingerprint density at radius 2 is 1.89 bits per heavy atom. The van der Waals surface area contributed by atoms with Crippen LogP contribution in [0.15, 0.2) is 0 Å². The summed E-state index contributed by atoms with van der Waals surface area (Å²) in [5, 5.41) is 23.1. The zero-order chi connectivity index (χ0) is 7.86. The predicted octanol–water partition coefficient (Wildman–Crippen LogP) is -0.0183. The van der Waals surface area contributed by atoms with Gasteiger partial charge < -0.3 is 10.2 Å². The fraction of sp³-hybridized carbons (Fsp3) is 0.600. The monoisotopic (exact) mass is 131 g/mol. The Hall–Kier alpha value is -1.08. The van der Waals surface area contributed by atoms with Crippen molar-refractivity contribution in [2.45, 2.75) is 20.0 Å². The Bertz CT molecular complexity index is 114. The molecule has 0 aliphatic heterocycles. The van der Waals surface area contributed by atoms with Crippen LogP contribution < -0.4 is 0 Å². The molecule has 0 bridgehead atoms. The van der Waals surface area contributed by atoms with Gasteiger partial charge >= 0.3 is 5.97 Å². The molecule has 0 aromatic heterocycles. The first-order valence-corrected chi connectivity index (χ1v) is 2.28. The molecule has 52 valence electrons. The summed E-state index contributed by atoms with van der Waals surface area (Å²) in [6.07, 6.45) is -1.23. The highest BCUT2D eigenvalue weighted by molar-refractivity contribution is 5.71. The average Bonchev–Trinajstić information content (AvgIpc) is 1.68. The largest absolute Gasteiger partial charge is 0.479 e. The van der Waals surface area contributed by atoms with Crippen molar-refractivity contribution in [3.63, 3.8) is 0 Å². The topological polar surface area (TPSA) is 81.3 Å². The maximum Gasteiger partial charge on any atom is 0.332 e. The van der Waals surface area contributed by atoms with Crippen molar-refractivity contribution in [3.05, 3.63) is 0 Å². The van der Waals surface area contributed by atoms with Crippen LogP contribution in [0.4, 0.5) is 0 Å². The predicted molar refractivity (Wildman–Crippen MR) is 30.6 cm³/mol. The van der Waals surface area contributed by atoms with Gasteiger partial charge in [-0.15, -0.1) is 0 Å². The van der Waals surface area contributed by atoms with Gasteiger partial charge in [-0.3, -0.25) is 0 Å². The van der Waals surface area contributed by atoms with Crippen LogP contribution in [-0.4, -0.2) is 22.3 Å². The summed E-state index contributed by atoms with van der Waals surface area (Å²) in [7, 11) is 0. The third-order valence-electron chi connectivity index (χ3n) is 0.357. The van der Waals surface area contributed by atoms with E-state index >= 15 is 0 Å². The number of aliphatic hydroxyl groups is 1. The molecule has 0 heterocycles. The highest BCUT2D eigenvalue weighted by Crippen LogP contribution is 1.73. The maximum absolute atomic E-state index is 9.45. The van der Waals surface area contributed by atoms with Crippen LogP contribution in [0, 0.1) is 11.3 Å². The summed E-state index contributed by atoms with van der Waals surface area (Å²) in [6, 6.07) is 1.75. The molecule has 4 nitrogen and oxygen atoms in total. The van der Waals surface area contributed by atoms with Gasteiger partial charge in [-0.05, 0) is 6.92 Å². The number of nitrogens with zero attached hydrogens (tertiary/aromatic N) is 1. The Kier molecular flexibility index (Phi) is 8.32. The Morgan fingerprint density at radius 1 is 1.78 bits per heavy atom. The zero-order valence-electron chi connectivity index (χ0n) is 5.33. The van der Waals surface area contributed by atoms with Gasteiger partial charge in [-0.25, -0.2) is 4.79 Å². The van der Waals surface area contributed by atoms with Crippen molar-refractivity contribution in [1.29, 1.82) is 5.26 Å². The fourth-order valence-corrected chi connectivity index (χ4v) is 0. The summed E-state index contributed by atoms with van der Waals surface area (Å²) < 4.78 is 0. The number of hydrogen-bond donors (Lipinski definition) is 2. The van der Waals surface area contributed by atoms with Gasteiger partial charge in [-0.1, -0.05) is 0 Å². The van der Waals surface area contributed by atoms with Gasteiger partial charge in [-0.2, -0.15) is 5.26 Å². The molecular formula is C5H9NO3. The summed E-state index contributed by atoms with van der Waals surface area (Å²) in [4.78, 5) is 9.45. The Balaban J connectivity index is 0. The van der Waals surface area contributed by atoms with Crippen LogP contribution in [0.3, 0.4) is 0 Å². The molecule has 0 aromatic rings. The lowest BCUT2D eigenvalue weighted by molar-refractivity contribution is -0.145. The van der Waals surface area contributed by atoms with Gasteiger partial charge in [0.15, 0.2) is 0 Å². The number of aliphatic hydroxyl groups excluding tert-OH is 1. The van der Waals surface area contributed by atoms with E-state index in [1.54, 1.807) is 6.07 Å². The van der Waals surface area contributed by atoms with E-state index in [2.05, 4.69) is 0 Å².